The van der Waals surface area contributed by atoms with Crippen LogP contribution in [0.1, 0.15) is 17.2 Å². The molecule has 2 aromatic carbocycles. The van der Waals surface area contributed by atoms with Gasteiger partial charge in [0.25, 0.3) is 0 Å². The van der Waals surface area contributed by atoms with Crippen LogP contribution in [0.15, 0.2) is 48.5 Å². The zero-order valence-electron chi connectivity index (χ0n) is 13.9. The fourth-order valence-electron chi connectivity index (χ4n) is 3.16. The molecule has 1 amide bonds. The van der Waals surface area contributed by atoms with Gasteiger partial charge in [-0.25, -0.2) is 0 Å². The highest BCUT2D eigenvalue weighted by Crippen LogP contribution is 2.39. The molecule has 0 atom stereocenters. The number of anilines is 2. The maximum atomic E-state index is 13.3. The summed E-state index contributed by atoms with van der Waals surface area (Å²) in [5.74, 6) is 0.296. The zero-order chi connectivity index (χ0) is 19.2. The van der Waals surface area contributed by atoms with Crippen molar-refractivity contribution in [2.45, 2.75) is 19.1 Å². The molecule has 2 heterocycles. The molecule has 1 aliphatic heterocycles. The standard InChI is InChI=1S/C18H14F3N5O/c19-18(20,21)11-6-7-13-14(8-11)25(12-4-2-1-3-5-12)17(27)9-15-23-24-16(10-22)26(13)15/h1-8H,9-10,22H2. The van der Waals surface area contributed by atoms with E-state index in [-0.39, 0.29) is 18.7 Å². The molecular weight excluding hydrogens is 359 g/mol. The van der Waals surface area contributed by atoms with E-state index in [9.17, 15) is 18.0 Å². The number of nitrogens with zero attached hydrogens (tertiary/aromatic N) is 4. The molecule has 0 spiro atoms. The summed E-state index contributed by atoms with van der Waals surface area (Å²) in [6, 6.07) is 11.8. The zero-order valence-corrected chi connectivity index (χ0v) is 13.9. The Labute approximate surface area is 152 Å². The van der Waals surface area contributed by atoms with E-state index < -0.39 is 17.6 Å². The SMILES string of the molecule is NCc1nnc2n1-c1ccc(C(F)(F)F)cc1N(c1ccccc1)C(=O)C2. The lowest BCUT2D eigenvalue weighted by molar-refractivity contribution is -0.137. The van der Waals surface area contributed by atoms with E-state index in [1.54, 1.807) is 34.9 Å². The molecule has 4 rings (SSSR count). The fourth-order valence-corrected chi connectivity index (χ4v) is 3.16. The minimum Gasteiger partial charge on any atom is -0.324 e. The normalized spacial score (nSPS) is 13.9. The summed E-state index contributed by atoms with van der Waals surface area (Å²) in [5, 5.41) is 7.95. The summed E-state index contributed by atoms with van der Waals surface area (Å²) in [6.07, 6.45) is -4.66. The Kier molecular flexibility index (Phi) is 3.96. The molecule has 6 nitrogen and oxygen atoms in total. The number of amides is 1. The maximum absolute atomic E-state index is 13.3. The largest absolute Gasteiger partial charge is 0.416 e. The summed E-state index contributed by atoms with van der Waals surface area (Å²) in [6.45, 7) is 0.0347. The van der Waals surface area contributed by atoms with Crippen LogP contribution in [-0.4, -0.2) is 20.7 Å². The number of carbonyl (C=O) groups is 1. The van der Waals surface area contributed by atoms with Crippen molar-refractivity contribution < 1.29 is 18.0 Å². The van der Waals surface area contributed by atoms with Gasteiger partial charge in [0.2, 0.25) is 5.91 Å². The highest BCUT2D eigenvalue weighted by Gasteiger charge is 2.35. The average molecular weight is 373 g/mol. The molecule has 138 valence electrons. The van der Waals surface area contributed by atoms with Gasteiger partial charge in [0, 0.05) is 5.69 Å². The van der Waals surface area contributed by atoms with E-state index in [1.165, 1.54) is 11.0 Å². The monoisotopic (exact) mass is 373 g/mol. The number of nitrogens with two attached hydrogens (primary N) is 1. The van der Waals surface area contributed by atoms with Crippen LogP contribution in [0.25, 0.3) is 5.69 Å². The molecule has 0 unspecified atom stereocenters. The molecule has 9 heteroatoms. The number of hydrogen-bond donors (Lipinski definition) is 1. The molecule has 0 aliphatic carbocycles. The Hall–Kier alpha value is -3.20. The minimum absolute atomic E-state index is 0.0347. The van der Waals surface area contributed by atoms with E-state index >= 15 is 0 Å². The number of fused-ring (bicyclic) bond motifs is 3. The molecule has 1 aromatic heterocycles. The van der Waals surface area contributed by atoms with Crippen LogP contribution in [0.3, 0.4) is 0 Å². The lowest BCUT2D eigenvalue weighted by atomic mass is 10.1. The first-order valence-electron chi connectivity index (χ1n) is 8.13. The molecule has 0 radical (unpaired) electrons. The van der Waals surface area contributed by atoms with Gasteiger partial charge in [0.1, 0.15) is 5.82 Å². The van der Waals surface area contributed by atoms with Gasteiger partial charge in [0.15, 0.2) is 5.82 Å². The first kappa shape index (κ1) is 17.2. The van der Waals surface area contributed by atoms with Crippen molar-refractivity contribution in [2.24, 2.45) is 5.73 Å². The van der Waals surface area contributed by atoms with Crippen molar-refractivity contribution in [3.05, 3.63) is 65.7 Å². The molecule has 0 saturated heterocycles. The van der Waals surface area contributed by atoms with Crippen LogP contribution in [0, 0.1) is 0 Å². The number of para-hydroxylation sites is 1. The number of alkyl halides is 3. The molecular formula is C18H14F3N5O. The molecule has 0 fully saturated rings. The van der Waals surface area contributed by atoms with Crippen LogP contribution >= 0.6 is 0 Å². The van der Waals surface area contributed by atoms with Gasteiger partial charge >= 0.3 is 6.18 Å². The van der Waals surface area contributed by atoms with Gasteiger partial charge < -0.3 is 5.73 Å². The van der Waals surface area contributed by atoms with Gasteiger partial charge in [-0.15, -0.1) is 10.2 Å². The summed E-state index contributed by atoms with van der Waals surface area (Å²) >= 11 is 0. The molecule has 0 bridgehead atoms. The third kappa shape index (κ3) is 2.85. The lowest BCUT2D eigenvalue weighted by Gasteiger charge is -2.24. The third-order valence-corrected chi connectivity index (χ3v) is 4.34. The van der Waals surface area contributed by atoms with E-state index in [1.807, 2.05) is 0 Å². The summed E-state index contributed by atoms with van der Waals surface area (Å²) < 4.78 is 41.5. The fraction of sp³-hybridized carbons (Fsp3) is 0.167. The van der Waals surface area contributed by atoms with E-state index in [4.69, 9.17) is 5.73 Å². The highest BCUT2D eigenvalue weighted by molar-refractivity contribution is 6.04. The molecule has 3 aromatic rings. The Morgan fingerprint density at radius 2 is 1.78 bits per heavy atom. The van der Waals surface area contributed by atoms with Gasteiger partial charge in [-0.1, -0.05) is 18.2 Å². The summed E-state index contributed by atoms with van der Waals surface area (Å²) in [4.78, 5) is 14.2. The van der Waals surface area contributed by atoms with Gasteiger partial charge in [-0.3, -0.25) is 14.3 Å². The van der Waals surface area contributed by atoms with Crippen molar-refractivity contribution in [1.82, 2.24) is 14.8 Å². The second kappa shape index (κ2) is 6.20. The first-order chi connectivity index (χ1) is 12.9. The van der Waals surface area contributed by atoms with Crippen LogP contribution in [-0.2, 0) is 23.9 Å². The quantitative estimate of drug-likeness (QED) is 0.749. The van der Waals surface area contributed by atoms with Crippen LogP contribution < -0.4 is 10.6 Å². The molecule has 0 saturated carbocycles. The Morgan fingerprint density at radius 1 is 1.04 bits per heavy atom. The van der Waals surface area contributed by atoms with Crippen molar-refractivity contribution in [2.75, 3.05) is 4.90 Å². The molecule has 27 heavy (non-hydrogen) atoms. The van der Waals surface area contributed by atoms with Crippen molar-refractivity contribution in [1.29, 1.82) is 0 Å². The second-order valence-corrected chi connectivity index (χ2v) is 6.01. The summed E-state index contributed by atoms with van der Waals surface area (Å²) in [7, 11) is 0. The number of rotatable bonds is 2. The average Bonchev–Trinajstić information content (AvgIpc) is 2.99. The smallest absolute Gasteiger partial charge is 0.324 e. The number of hydrogen-bond acceptors (Lipinski definition) is 4. The lowest BCUT2D eigenvalue weighted by Crippen LogP contribution is -2.27. The van der Waals surface area contributed by atoms with Crippen LogP contribution in [0.5, 0.6) is 0 Å². The Morgan fingerprint density at radius 3 is 2.44 bits per heavy atom. The van der Waals surface area contributed by atoms with E-state index in [0.29, 0.717) is 23.0 Å². The van der Waals surface area contributed by atoms with E-state index in [0.717, 1.165) is 12.1 Å². The third-order valence-electron chi connectivity index (χ3n) is 4.34. The Balaban J connectivity index is 2.02. The highest BCUT2D eigenvalue weighted by atomic mass is 19.4. The topological polar surface area (TPSA) is 77.0 Å². The van der Waals surface area contributed by atoms with E-state index in [2.05, 4.69) is 10.2 Å². The Bertz CT molecular complexity index is 1010. The van der Waals surface area contributed by atoms with Crippen molar-refractivity contribution in [3.63, 3.8) is 0 Å². The predicted octanol–water partition coefficient (Wildman–Crippen LogP) is 2.97. The van der Waals surface area contributed by atoms with Gasteiger partial charge in [-0.05, 0) is 30.3 Å². The number of benzene rings is 2. The van der Waals surface area contributed by atoms with Crippen LogP contribution in [0.4, 0.5) is 24.5 Å². The number of carbonyl (C=O) groups excluding carboxylic acids is 1. The first-order valence-corrected chi connectivity index (χ1v) is 8.13. The predicted molar refractivity (Wildman–Crippen MR) is 91.5 cm³/mol. The van der Waals surface area contributed by atoms with Crippen LogP contribution in [0.2, 0.25) is 0 Å². The minimum atomic E-state index is -4.54. The van der Waals surface area contributed by atoms with Gasteiger partial charge in [-0.2, -0.15) is 13.2 Å². The summed E-state index contributed by atoms with van der Waals surface area (Å²) in [5.41, 5.74) is 5.81. The van der Waals surface area contributed by atoms with Crippen molar-refractivity contribution in [3.8, 4) is 5.69 Å². The maximum Gasteiger partial charge on any atom is 0.416 e. The number of halogens is 3. The molecule has 2 N–H and O–H groups in total. The second-order valence-electron chi connectivity index (χ2n) is 6.01. The van der Waals surface area contributed by atoms with Gasteiger partial charge in [0.05, 0.1) is 29.9 Å². The van der Waals surface area contributed by atoms with Crippen molar-refractivity contribution >= 4 is 17.3 Å². The number of aromatic nitrogens is 3. The molecule has 1 aliphatic rings.